The van der Waals surface area contributed by atoms with Crippen molar-refractivity contribution in [3.05, 3.63) is 0 Å². The lowest BCUT2D eigenvalue weighted by atomic mass is 9.83. The van der Waals surface area contributed by atoms with Gasteiger partial charge in [-0.25, -0.2) is 0 Å². The van der Waals surface area contributed by atoms with Crippen LogP contribution in [-0.4, -0.2) is 54.5 Å². The number of piperidine rings is 1. The van der Waals surface area contributed by atoms with Crippen LogP contribution in [0.25, 0.3) is 0 Å². The summed E-state index contributed by atoms with van der Waals surface area (Å²) in [4.78, 5) is 17.2. The number of hydrogen-bond acceptors (Lipinski definition) is 3. The molecule has 0 aromatic carbocycles. The minimum atomic E-state index is -0.0185. The van der Waals surface area contributed by atoms with Crippen LogP contribution in [0.5, 0.6) is 0 Å². The molecule has 21 heavy (non-hydrogen) atoms. The molecule has 0 spiro atoms. The first-order valence-corrected chi connectivity index (χ1v) is 8.55. The van der Waals surface area contributed by atoms with Crippen LogP contribution < -0.4 is 5.73 Å². The van der Waals surface area contributed by atoms with Crippen molar-refractivity contribution in [2.24, 2.45) is 17.1 Å². The molecule has 1 aliphatic rings. The molecule has 4 heteroatoms. The van der Waals surface area contributed by atoms with Gasteiger partial charge in [0.1, 0.15) is 0 Å². The van der Waals surface area contributed by atoms with Gasteiger partial charge in [0, 0.05) is 25.7 Å². The van der Waals surface area contributed by atoms with E-state index < -0.39 is 0 Å². The summed E-state index contributed by atoms with van der Waals surface area (Å²) < 4.78 is 0. The number of likely N-dealkylation sites (tertiary alicyclic amines) is 1. The first kappa shape index (κ1) is 18.4. The van der Waals surface area contributed by atoms with Gasteiger partial charge in [0.15, 0.2) is 0 Å². The minimum absolute atomic E-state index is 0.0185. The van der Waals surface area contributed by atoms with Gasteiger partial charge in [-0.15, -0.1) is 0 Å². The molecule has 2 N–H and O–H groups in total. The summed E-state index contributed by atoms with van der Waals surface area (Å²) in [6.45, 7) is 15.4. The lowest BCUT2D eigenvalue weighted by Crippen LogP contribution is -2.49. The molecule has 1 rings (SSSR count). The van der Waals surface area contributed by atoms with Gasteiger partial charge < -0.3 is 15.5 Å². The van der Waals surface area contributed by atoms with Gasteiger partial charge in [-0.2, -0.15) is 0 Å². The molecule has 124 valence electrons. The van der Waals surface area contributed by atoms with Gasteiger partial charge in [-0.1, -0.05) is 34.6 Å². The lowest BCUT2D eigenvalue weighted by Gasteiger charge is -2.39. The Morgan fingerprint density at radius 2 is 1.76 bits per heavy atom. The Morgan fingerprint density at radius 1 is 1.24 bits per heavy atom. The molecule has 1 atom stereocenters. The van der Waals surface area contributed by atoms with Crippen LogP contribution in [0.15, 0.2) is 0 Å². The highest BCUT2D eigenvalue weighted by Gasteiger charge is 2.31. The smallest absolute Gasteiger partial charge is 0.226 e. The molecule has 1 heterocycles. The molecule has 0 saturated carbocycles. The van der Waals surface area contributed by atoms with Crippen LogP contribution in [0.2, 0.25) is 0 Å². The van der Waals surface area contributed by atoms with Gasteiger partial charge >= 0.3 is 0 Å². The second-order valence-electron chi connectivity index (χ2n) is 7.48. The topological polar surface area (TPSA) is 49.6 Å². The number of nitrogens with zero attached hydrogens (tertiary/aromatic N) is 2. The molecule has 1 unspecified atom stereocenters. The van der Waals surface area contributed by atoms with E-state index in [4.69, 9.17) is 5.73 Å². The van der Waals surface area contributed by atoms with Crippen LogP contribution in [0.4, 0.5) is 0 Å². The Balaban J connectivity index is 2.54. The zero-order valence-electron chi connectivity index (χ0n) is 14.7. The van der Waals surface area contributed by atoms with Crippen molar-refractivity contribution in [2.75, 3.05) is 32.7 Å². The Bertz CT molecular complexity index is 312. The molecule has 0 bridgehead atoms. The van der Waals surface area contributed by atoms with Gasteiger partial charge in [0.25, 0.3) is 0 Å². The van der Waals surface area contributed by atoms with Crippen LogP contribution >= 0.6 is 0 Å². The van der Waals surface area contributed by atoms with Crippen LogP contribution in [0.3, 0.4) is 0 Å². The average Bonchev–Trinajstić information content (AvgIpc) is 2.45. The van der Waals surface area contributed by atoms with Crippen molar-refractivity contribution >= 4 is 5.91 Å². The van der Waals surface area contributed by atoms with E-state index in [1.165, 1.54) is 0 Å². The summed E-state index contributed by atoms with van der Waals surface area (Å²) in [7, 11) is 0. The van der Waals surface area contributed by atoms with E-state index in [1.807, 2.05) is 4.90 Å². The van der Waals surface area contributed by atoms with Crippen LogP contribution in [0.1, 0.15) is 53.9 Å². The molecular weight excluding hydrogens is 262 g/mol. The highest BCUT2D eigenvalue weighted by molar-refractivity contribution is 5.79. The molecule has 0 radical (unpaired) electrons. The average molecular weight is 297 g/mol. The standard InChI is InChI=1S/C17H35N3O/c1-6-19(7-2)15-8-10-20(11-9-15)16(21)14(13-18)12-17(3,4)5/h14-15H,6-13,18H2,1-5H3. The first-order valence-electron chi connectivity index (χ1n) is 8.55. The van der Waals surface area contributed by atoms with Gasteiger partial charge in [-0.05, 0) is 37.8 Å². The van der Waals surface area contributed by atoms with Crippen LogP contribution in [-0.2, 0) is 4.79 Å². The van der Waals surface area contributed by atoms with Crippen molar-refractivity contribution in [3.8, 4) is 0 Å². The fraction of sp³-hybridized carbons (Fsp3) is 0.941. The largest absolute Gasteiger partial charge is 0.342 e. The number of carbonyl (C=O) groups is 1. The molecule has 0 aliphatic carbocycles. The van der Waals surface area contributed by atoms with E-state index in [0.29, 0.717) is 12.6 Å². The predicted molar refractivity (Wildman–Crippen MR) is 89.1 cm³/mol. The summed E-state index contributed by atoms with van der Waals surface area (Å²) >= 11 is 0. The lowest BCUT2D eigenvalue weighted by molar-refractivity contribution is -0.137. The summed E-state index contributed by atoms with van der Waals surface area (Å²) in [5.41, 5.74) is 6.00. The molecule has 1 aliphatic heterocycles. The SMILES string of the molecule is CCN(CC)C1CCN(C(=O)C(CN)CC(C)(C)C)CC1. The zero-order valence-corrected chi connectivity index (χ0v) is 14.7. The first-order chi connectivity index (χ1) is 9.82. The van der Waals surface area contributed by atoms with Gasteiger partial charge in [0.05, 0.1) is 5.92 Å². The third kappa shape index (κ3) is 5.59. The number of carbonyl (C=O) groups excluding carboxylic acids is 1. The third-order valence-corrected chi connectivity index (χ3v) is 4.60. The highest BCUT2D eigenvalue weighted by Crippen LogP contribution is 2.26. The van der Waals surface area contributed by atoms with Crippen molar-refractivity contribution in [3.63, 3.8) is 0 Å². The summed E-state index contributed by atoms with van der Waals surface area (Å²) in [6.07, 6.45) is 3.07. The molecule has 1 saturated heterocycles. The van der Waals surface area contributed by atoms with E-state index in [-0.39, 0.29) is 17.2 Å². The molecule has 0 aromatic heterocycles. The van der Waals surface area contributed by atoms with E-state index in [0.717, 1.165) is 45.4 Å². The summed E-state index contributed by atoms with van der Waals surface area (Å²) in [5.74, 6) is 0.250. The Morgan fingerprint density at radius 3 is 2.14 bits per heavy atom. The van der Waals surface area contributed by atoms with Gasteiger partial charge in [-0.3, -0.25) is 4.79 Å². The fourth-order valence-corrected chi connectivity index (χ4v) is 3.46. The quantitative estimate of drug-likeness (QED) is 0.818. The van der Waals surface area contributed by atoms with Crippen molar-refractivity contribution in [2.45, 2.75) is 59.9 Å². The van der Waals surface area contributed by atoms with E-state index in [2.05, 4.69) is 39.5 Å². The van der Waals surface area contributed by atoms with Crippen LogP contribution in [0, 0.1) is 11.3 Å². The van der Waals surface area contributed by atoms with Gasteiger partial charge in [0.2, 0.25) is 5.91 Å². The maximum atomic E-state index is 12.7. The molecule has 0 aromatic rings. The normalized spacial score (nSPS) is 19.1. The second kappa shape index (κ2) is 8.14. The van der Waals surface area contributed by atoms with E-state index in [1.54, 1.807) is 0 Å². The van der Waals surface area contributed by atoms with Crippen molar-refractivity contribution in [1.82, 2.24) is 9.80 Å². The fourth-order valence-electron chi connectivity index (χ4n) is 3.46. The number of hydrogen-bond donors (Lipinski definition) is 1. The summed E-state index contributed by atoms with van der Waals surface area (Å²) in [5, 5.41) is 0. The number of amides is 1. The molecule has 1 fully saturated rings. The van der Waals surface area contributed by atoms with E-state index >= 15 is 0 Å². The molecule has 1 amide bonds. The maximum Gasteiger partial charge on any atom is 0.226 e. The highest BCUT2D eigenvalue weighted by atomic mass is 16.2. The maximum absolute atomic E-state index is 12.7. The van der Waals surface area contributed by atoms with Crippen molar-refractivity contribution < 1.29 is 4.79 Å². The number of nitrogens with two attached hydrogens (primary N) is 1. The Hall–Kier alpha value is -0.610. The Kier molecular flexibility index (Phi) is 7.14. The zero-order chi connectivity index (χ0) is 16.0. The molecule has 4 nitrogen and oxygen atoms in total. The second-order valence-corrected chi connectivity index (χ2v) is 7.48. The van der Waals surface area contributed by atoms with E-state index in [9.17, 15) is 4.79 Å². The predicted octanol–water partition coefficient (Wildman–Crippen LogP) is 2.33. The Labute approximate surface area is 131 Å². The number of rotatable bonds is 6. The third-order valence-electron chi connectivity index (χ3n) is 4.60. The monoisotopic (exact) mass is 297 g/mol. The minimum Gasteiger partial charge on any atom is -0.342 e. The summed E-state index contributed by atoms with van der Waals surface area (Å²) in [6, 6.07) is 0.642. The van der Waals surface area contributed by atoms with Crippen molar-refractivity contribution in [1.29, 1.82) is 0 Å². The molecular formula is C17H35N3O.